The predicted molar refractivity (Wildman–Crippen MR) is 98.0 cm³/mol. The van der Waals surface area contributed by atoms with Gasteiger partial charge in [-0.1, -0.05) is 78.9 Å². The third-order valence-electron chi connectivity index (χ3n) is 3.94. The van der Waals surface area contributed by atoms with E-state index in [0.29, 0.717) is 12.1 Å². The summed E-state index contributed by atoms with van der Waals surface area (Å²) in [6, 6.07) is 26.0. The maximum absolute atomic E-state index is 11.9. The maximum atomic E-state index is 11.9. The molecule has 0 aliphatic carbocycles. The molecule has 0 N–H and O–H groups in total. The second-order valence-corrected chi connectivity index (χ2v) is 7.04. The van der Waals surface area contributed by atoms with Gasteiger partial charge in [-0.3, -0.25) is 4.31 Å². The Morgan fingerprint density at radius 1 is 0.731 bits per heavy atom. The normalized spacial score (nSPS) is 10.8. The van der Waals surface area contributed by atoms with Gasteiger partial charge in [0, 0.05) is 0 Å². The van der Waals surface area contributed by atoms with E-state index in [1.54, 1.807) is 24.3 Å². The summed E-state index contributed by atoms with van der Waals surface area (Å²) in [7, 11) is -4.65. The van der Waals surface area contributed by atoms with Gasteiger partial charge in [-0.2, -0.15) is 0 Å². The molecule has 0 heterocycles. The summed E-state index contributed by atoms with van der Waals surface area (Å²) >= 11 is 0. The molecule has 0 spiro atoms. The Labute approximate surface area is 176 Å². The van der Waals surface area contributed by atoms with Crippen LogP contribution in [0.15, 0.2) is 84.9 Å². The first-order valence-corrected chi connectivity index (χ1v) is 9.30. The van der Waals surface area contributed by atoms with Gasteiger partial charge in [0.05, 0.1) is 12.2 Å². The van der Waals surface area contributed by atoms with Crippen LogP contribution in [0.4, 0.5) is 5.69 Å². The number of rotatable bonds is 6. The molecule has 0 saturated heterocycles. The largest absolute Gasteiger partial charge is 1.00 e. The summed E-state index contributed by atoms with van der Waals surface area (Å²) < 4.78 is 36.7. The van der Waals surface area contributed by atoms with Gasteiger partial charge in [0.15, 0.2) is 10.3 Å². The van der Waals surface area contributed by atoms with Crippen molar-refractivity contribution in [3.8, 4) is 0 Å². The van der Waals surface area contributed by atoms with E-state index in [-0.39, 0.29) is 36.1 Å². The van der Waals surface area contributed by atoms with Crippen LogP contribution < -0.4 is 33.9 Å². The minimum atomic E-state index is -4.65. The molecule has 3 aromatic rings. The molecule has 128 valence electrons. The summed E-state index contributed by atoms with van der Waals surface area (Å²) in [5.74, 6) is 0. The summed E-state index contributed by atoms with van der Waals surface area (Å²) in [4.78, 5) is 0. The van der Waals surface area contributed by atoms with E-state index < -0.39 is 10.3 Å². The fourth-order valence-corrected chi connectivity index (χ4v) is 3.48. The molecule has 3 aromatic carbocycles. The molecule has 0 radical (unpaired) electrons. The fraction of sp³-hybridized carbons (Fsp3) is 0.100. The fourth-order valence-electron chi connectivity index (χ4n) is 2.75. The first-order chi connectivity index (χ1) is 12.0. The Morgan fingerprint density at radius 3 is 1.81 bits per heavy atom. The Morgan fingerprint density at radius 2 is 1.23 bits per heavy atom. The standard InChI is InChI=1S/C20H19NO3S.Na/c22-25(23,24)21(16-18-11-5-2-6-12-18)20-14-8-7-13-19(20)15-17-9-3-1-4-10-17;/h1-14H,15-16H2,(H,22,23,24);/q;+1/p-1. The number of hydrogen-bond acceptors (Lipinski definition) is 3. The molecular formula is C20H18NNaO3S. The van der Waals surface area contributed by atoms with Gasteiger partial charge in [0.2, 0.25) is 0 Å². The SMILES string of the molecule is O=S(=O)([O-])N(Cc1ccccc1)c1ccccc1Cc1ccccc1.[Na+]. The van der Waals surface area contributed by atoms with Crippen molar-refractivity contribution in [2.45, 2.75) is 13.0 Å². The van der Waals surface area contributed by atoms with Gasteiger partial charge in [0.1, 0.15) is 0 Å². The first kappa shape index (κ1) is 20.7. The van der Waals surface area contributed by atoms with E-state index in [2.05, 4.69) is 0 Å². The number of para-hydroxylation sites is 1. The van der Waals surface area contributed by atoms with Crippen LogP contribution in [0.2, 0.25) is 0 Å². The Bertz CT molecular complexity index is 932. The molecule has 6 heteroatoms. The van der Waals surface area contributed by atoms with Crippen molar-refractivity contribution < 1.29 is 42.5 Å². The topological polar surface area (TPSA) is 60.4 Å². The molecule has 0 amide bonds. The molecule has 0 atom stereocenters. The number of hydrogen-bond donors (Lipinski definition) is 0. The summed E-state index contributed by atoms with van der Waals surface area (Å²) in [5.41, 5.74) is 3.03. The van der Waals surface area contributed by atoms with Crippen LogP contribution in [-0.2, 0) is 23.3 Å². The van der Waals surface area contributed by atoms with Gasteiger partial charge < -0.3 is 4.55 Å². The van der Waals surface area contributed by atoms with Crippen LogP contribution in [0.3, 0.4) is 0 Å². The van der Waals surface area contributed by atoms with E-state index >= 15 is 0 Å². The van der Waals surface area contributed by atoms with Crippen LogP contribution in [0.5, 0.6) is 0 Å². The average molecular weight is 375 g/mol. The Hall–Kier alpha value is -1.63. The zero-order chi connectivity index (χ0) is 17.7. The number of nitrogens with zero attached hydrogens (tertiary/aromatic N) is 1. The van der Waals surface area contributed by atoms with Crippen LogP contribution >= 0.6 is 0 Å². The van der Waals surface area contributed by atoms with Crippen LogP contribution in [0, 0.1) is 0 Å². The van der Waals surface area contributed by atoms with Crippen molar-refractivity contribution in [3.05, 3.63) is 102 Å². The van der Waals surface area contributed by atoms with Gasteiger partial charge in [0.25, 0.3) is 0 Å². The van der Waals surface area contributed by atoms with Crippen molar-refractivity contribution in [2.75, 3.05) is 4.31 Å². The van der Waals surface area contributed by atoms with Crippen molar-refractivity contribution in [1.82, 2.24) is 0 Å². The number of anilines is 1. The van der Waals surface area contributed by atoms with E-state index in [0.717, 1.165) is 21.0 Å². The average Bonchev–Trinajstić information content (AvgIpc) is 2.61. The second kappa shape index (κ2) is 9.35. The zero-order valence-corrected chi connectivity index (χ0v) is 17.4. The van der Waals surface area contributed by atoms with Gasteiger partial charge in [-0.15, -0.1) is 0 Å². The second-order valence-electron chi connectivity index (χ2n) is 5.74. The van der Waals surface area contributed by atoms with Crippen molar-refractivity contribution in [1.29, 1.82) is 0 Å². The summed E-state index contributed by atoms with van der Waals surface area (Å²) in [5, 5.41) is 0. The van der Waals surface area contributed by atoms with E-state index in [1.807, 2.05) is 60.7 Å². The molecule has 0 saturated carbocycles. The molecule has 0 aromatic heterocycles. The zero-order valence-electron chi connectivity index (χ0n) is 14.6. The smallest absolute Gasteiger partial charge is 0.731 e. The van der Waals surface area contributed by atoms with Crippen molar-refractivity contribution in [3.63, 3.8) is 0 Å². The van der Waals surface area contributed by atoms with Crippen molar-refractivity contribution >= 4 is 16.0 Å². The van der Waals surface area contributed by atoms with E-state index in [9.17, 15) is 13.0 Å². The first-order valence-electron chi connectivity index (χ1n) is 7.93. The third-order valence-corrected chi connectivity index (χ3v) is 4.80. The van der Waals surface area contributed by atoms with Crippen molar-refractivity contribution in [2.24, 2.45) is 0 Å². The van der Waals surface area contributed by atoms with Crippen LogP contribution in [0.1, 0.15) is 16.7 Å². The molecule has 0 aliphatic heterocycles. The molecular weight excluding hydrogens is 357 g/mol. The van der Waals surface area contributed by atoms with Crippen LogP contribution in [0.25, 0.3) is 0 Å². The molecule has 0 fully saturated rings. The predicted octanol–water partition coefficient (Wildman–Crippen LogP) is 0.748. The van der Waals surface area contributed by atoms with E-state index in [4.69, 9.17) is 0 Å². The minimum Gasteiger partial charge on any atom is -0.731 e. The maximum Gasteiger partial charge on any atom is 1.00 e. The minimum absolute atomic E-state index is 0. The number of benzene rings is 3. The molecule has 0 bridgehead atoms. The summed E-state index contributed by atoms with van der Waals surface area (Å²) in [6.45, 7) is 0.0124. The summed E-state index contributed by atoms with van der Waals surface area (Å²) in [6.07, 6.45) is 0.553. The van der Waals surface area contributed by atoms with Gasteiger partial charge in [-0.05, 0) is 29.2 Å². The van der Waals surface area contributed by atoms with Gasteiger partial charge >= 0.3 is 29.6 Å². The van der Waals surface area contributed by atoms with Crippen LogP contribution in [-0.4, -0.2) is 13.0 Å². The monoisotopic (exact) mass is 375 g/mol. The van der Waals surface area contributed by atoms with E-state index in [1.165, 1.54) is 0 Å². The van der Waals surface area contributed by atoms with Gasteiger partial charge in [-0.25, -0.2) is 8.42 Å². The quantitative estimate of drug-likeness (QED) is 0.472. The Balaban J connectivity index is 0.00000243. The molecule has 26 heavy (non-hydrogen) atoms. The molecule has 0 aliphatic rings. The Kier molecular flexibility index (Phi) is 7.43. The molecule has 3 rings (SSSR count). The third kappa shape index (κ3) is 5.43. The molecule has 0 unspecified atom stereocenters. The molecule has 4 nitrogen and oxygen atoms in total.